The SMILES string of the molecule is CCN(C(=O)c1ccc(NC(=O)c2cccc(Br)c2)cc1)c1cccc2ccccc12. The Morgan fingerprint density at radius 3 is 2.29 bits per heavy atom. The number of nitrogens with one attached hydrogen (secondary N) is 1. The maximum Gasteiger partial charge on any atom is 0.258 e. The van der Waals surface area contributed by atoms with Crippen molar-refractivity contribution in [1.29, 1.82) is 0 Å². The fraction of sp³-hybridized carbons (Fsp3) is 0.0769. The van der Waals surface area contributed by atoms with Crippen LogP contribution in [0.1, 0.15) is 27.6 Å². The van der Waals surface area contributed by atoms with E-state index in [0.29, 0.717) is 23.4 Å². The molecule has 0 spiro atoms. The third-order valence-electron chi connectivity index (χ3n) is 5.10. The van der Waals surface area contributed by atoms with E-state index in [-0.39, 0.29) is 11.8 Å². The number of carbonyl (C=O) groups excluding carboxylic acids is 2. The predicted molar refractivity (Wildman–Crippen MR) is 130 cm³/mol. The van der Waals surface area contributed by atoms with Crippen LogP contribution >= 0.6 is 15.9 Å². The monoisotopic (exact) mass is 472 g/mol. The Labute approximate surface area is 189 Å². The molecule has 0 aliphatic rings. The summed E-state index contributed by atoms with van der Waals surface area (Å²) in [5.74, 6) is -0.282. The molecule has 1 N–H and O–H groups in total. The van der Waals surface area contributed by atoms with Crippen molar-refractivity contribution in [2.45, 2.75) is 6.92 Å². The van der Waals surface area contributed by atoms with Crippen LogP contribution in [0, 0.1) is 0 Å². The molecule has 0 aliphatic heterocycles. The van der Waals surface area contributed by atoms with E-state index < -0.39 is 0 Å². The minimum atomic E-state index is -0.202. The molecule has 0 radical (unpaired) electrons. The van der Waals surface area contributed by atoms with Crippen LogP contribution in [0.15, 0.2) is 95.5 Å². The highest BCUT2D eigenvalue weighted by atomic mass is 79.9. The van der Waals surface area contributed by atoms with Crippen molar-refractivity contribution >= 4 is 49.9 Å². The van der Waals surface area contributed by atoms with Crippen molar-refractivity contribution in [2.75, 3.05) is 16.8 Å². The average Bonchev–Trinajstić information content (AvgIpc) is 2.80. The molecule has 0 aliphatic carbocycles. The van der Waals surface area contributed by atoms with Gasteiger partial charge in [-0.25, -0.2) is 0 Å². The van der Waals surface area contributed by atoms with Gasteiger partial charge in [-0.1, -0.05) is 58.4 Å². The van der Waals surface area contributed by atoms with Crippen molar-refractivity contribution in [3.05, 3.63) is 107 Å². The van der Waals surface area contributed by atoms with E-state index in [1.807, 2.05) is 61.5 Å². The molecule has 0 saturated carbocycles. The van der Waals surface area contributed by atoms with E-state index in [9.17, 15) is 9.59 Å². The Bertz CT molecular complexity index is 1250. The van der Waals surface area contributed by atoms with Gasteiger partial charge in [0.1, 0.15) is 0 Å². The summed E-state index contributed by atoms with van der Waals surface area (Å²) < 4.78 is 0.842. The van der Waals surface area contributed by atoms with Gasteiger partial charge < -0.3 is 10.2 Å². The maximum atomic E-state index is 13.2. The molecule has 5 heteroatoms. The number of benzene rings is 4. The number of nitrogens with zero attached hydrogens (tertiary/aromatic N) is 1. The summed E-state index contributed by atoms with van der Waals surface area (Å²) in [6.07, 6.45) is 0. The first-order valence-electron chi connectivity index (χ1n) is 10.0. The zero-order chi connectivity index (χ0) is 21.8. The molecular formula is C26H21BrN2O2. The van der Waals surface area contributed by atoms with Gasteiger partial charge in [-0.2, -0.15) is 0 Å². The van der Waals surface area contributed by atoms with Gasteiger partial charge in [0, 0.05) is 33.2 Å². The third kappa shape index (κ3) is 4.52. The van der Waals surface area contributed by atoms with E-state index in [2.05, 4.69) is 21.2 Å². The number of rotatable bonds is 5. The normalized spacial score (nSPS) is 10.6. The summed E-state index contributed by atoms with van der Waals surface area (Å²) in [6, 6.07) is 28.2. The Kier molecular flexibility index (Phi) is 6.14. The fourth-order valence-corrected chi connectivity index (χ4v) is 3.95. The molecule has 4 aromatic rings. The number of halogens is 1. The van der Waals surface area contributed by atoms with Crippen LogP contribution in [0.4, 0.5) is 11.4 Å². The maximum absolute atomic E-state index is 13.2. The summed E-state index contributed by atoms with van der Waals surface area (Å²) in [6.45, 7) is 2.51. The molecule has 0 bridgehead atoms. The van der Waals surface area contributed by atoms with E-state index in [0.717, 1.165) is 20.9 Å². The molecule has 4 aromatic carbocycles. The van der Waals surface area contributed by atoms with Crippen LogP contribution < -0.4 is 10.2 Å². The Morgan fingerprint density at radius 1 is 0.839 bits per heavy atom. The second kappa shape index (κ2) is 9.14. The van der Waals surface area contributed by atoms with Crippen molar-refractivity contribution in [3.8, 4) is 0 Å². The number of hydrogen-bond donors (Lipinski definition) is 1. The fourth-order valence-electron chi connectivity index (χ4n) is 3.55. The van der Waals surface area contributed by atoms with Crippen molar-refractivity contribution in [2.24, 2.45) is 0 Å². The quantitative estimate of drug-likeness (QED) is 0.359. The van der Waals surface area contributed by atoms with Crippen LogP contribution in [0.5, 0.6) is 0 Å². The van der Waals surface area contributed by atoms with E-state index in [1.54, 1.807) is 41.3 Å². The summed E-state index contributed by atoms with van der Waals surface area (Å²) in [5, 5.41) is 5.00. The van der Waals surface area contributed by atoms with Crippen LogP contribution in [-0.4, -0.2) is 18.4 Å². The second-order valence-corrected chi connectivity index (χ2v) is 8.01. The summed E-state index contributed by atoms with van der Waals surface area (Å²) >= 11 is 3.37. The topological polar surface area (TPSA) is 49.4 Å². The lowest BCUT2D eigenvalue weighted by molar-refractivity contribution is 0.0987. The minimum absolute atomic E-state index is 0.0799. The zero-order valence-corrected chi connectivity index (χ0v) is 18.6. The number of fused-ring (bicyclic) bond motifs is 1. The summed E-state index contributed by atoms with van der Waals surface area (Å²) in [4.78, 5) is 27.5. The standard InChI is InChI=1S/C26H21BrN2O2/c1-2-29(24-12-6-8-18-7-3-4-11-23(18)24)26(31)19-13-15-22(16-14-19)28-25(30)20-9-5-10-21(27)17-20/h3-17H,2H2,1H3,(H,28,30). The molecule has 4 nitrogen and oxygen atoms in total. The van der Waals surface area contributed by atoms with Gasteiger partial charge in [-0.3, -0.25) is 9.59 Å². The number of amides is 2. The molecule has 0 unspecified atom stereocenters. The lowest BCUT2D eigenvalue weighted by Gasteiger charge is -2.23. The number of hydrogen-bond acceptors (Lipinski definition) is 2. The van der Waals surface area contributed by atoms with E-state index >= 15 is 0 Å². The molecule has 2 amide bonds. The summed E-state index contributed by atoms with van der Waals surface area (Å²) in [5.41, 5.74) is 2.64. The smallest absolute Gasteiger partial charge is 0.258 e. The Morgan fingerprint density at radius 2 is 1.55 bits per heavy atom. The lowest BCUT2D eigenvalue weighted by Crippen LogP contribution is -2.30. The van der Waals surface area contributed by atoms with Gasteiger partial charge >= 0.3 is 0 Å². The number of anilines is 2. The first-order chi connectivity index (χ1) is 15.1. The molecule has 31 heavy (non-hydrogen) atoms. The molecule has 0 atom stereocenters. The Balaban J connectivity index is 1.55. The van der Waals surface area contributed by atoms with Gasteiger partial charge in [0.2, 0.25) is 0 Å². The molecule has 4 rings (SSSR count). The number of carbonyl (C=O) groups is 2. The van der Waals surface area contributed by atoms with Crippen molar-refractivity contribution in [3.63, 3.8) is 0 Å². The van der Waals surface area contributed by atoms with Crippen molar-refractivity contribution < 1.29 is 9.59 Å². The van der Waals surface area contributed by atoms with Crippen LogP contribution in [0.2, 0.25) is 0 Å². The van der Waals surface area contributed by atoms with Crippen LogP contribution in [-0.2, 0) is 0 Å². The van der Waals surface area contributed by atoms with Gasteiger partial charge in [0.05, 0.1) is 5.69 Å². The van der Waals surface area contributed by atoms with Crippen molar-refractivity contribution in [1.82, 2.24) is 0 Å². The highest BCUT2D eigenvalue weighted by Crippen LogP contribution is 2.28. The summed E-state index contributed by atoms with van der Waals surface area (Å²) in [7, 11) is 0. The van der Waals surface area contributed by atoms with Gasteiger partial charge in [0.25, 0.3) is 11.8 Å². The molecule has 0 fully saturated rings. The average molecular weight is 473 g/mol. The first kappa shape index (κ1) is 20.8. The largest absolute Gasteiger partial charge is 0.322 e. The third-order valence-corrected chi connectivity index (χ3v) is 5.59. The molecular weight excluding hydrogens is 452 g/mol. The minimum Gasteiger partial charge on any atom is -0.322 e. The molecule has 154 valence electrons. The van der Waals surface area contributed by atoms with E-state index in [4.69, 9.17) is 0 Å². The van der Waals surface area contributed by atoms with Gasteiger partial charge in [-0.15, -0.1) is 0 Å². The van der Waals surface area contributed by atoms with Crippen LogP contribution in [0.25, 0.3) is 10.8 Å². The van der Waals surface area contributed by atoms with E-state index in [1.165, 1.54) is 0 Å². The predicted octanol–water partition coefficient (Wildman–Crippen LogP) is 6.52. The highest BCUT2D eigenvalue weighted by Gasteiger charge is 2.18. The molecule has 0 saturated heterocycles. The highest BCUT2D eigenvalue weighted by molar-refractivity contribution is 9.10. The van der Waals surface area contributed by atoms with Crippen LogP contribution in [0.3, 0.4) is 0 Å². The lowest BCUT2D eigenvalue weighted by atomic mass is 10.1. The molecule has 0 aromatic heterocycles. The second-order valence-electron chi connectivity index (χ2n) is 7.09. The van der Waals surface area contributed by atoms with Gasteiger partial charge in [-0.05, 0) is 60.8 Å². The zero-order valence-electron chi connectivity index (χ0n) is 17.0. The first-order valence-corrected chi connectivity index (χ1v) is 10.8. The Hall–Kier alpha value is -3.44. The van der Waals surface area contributed by atoms with Gasteiger partial charge in [0.15, 0.2) is 0 Å². The molecule has 0 heterocycles.